The first kappa shape index (κ1) is 20.1. The Labute approximate surface area is 168 Å². The van der Waals surface area contributed by atoms with Crippen LogP contribution in [0.25, 0.3) is 0 Å². The molecule has 0 bridgehead atoms. The summed E-state index contributed by atoms with van der Waals surface area (Å²) in [4.78, 5) is 40.4. The molecule has 5 nitrogen and oxygen atoms in total. The van der Waals surface area contributed by atoms with Gasteiger partial charge in [0.05, 0.1) is 11.1 Å². The summed E-state index contributed by atoms with van der Waals surface area (Å²) in [7, 11) is 0. The van der Waals surface area contributed by atoms with E-state index in [4.69, 9.17) is 4.74 Å². The summed E-state index contributed by atoms with van der Waals surface area (Å²) in [5.41, 5.74) is 0.262. The van der Waals surface area contributed by atoms with Crippen molar-refractivity contribution < 1.29 is 19.1 Å². The molecule has 146 valence electrons. The van der Waals surface area contributed by atoms with E-state index in [-0.39, 0.29) is 11.6 Å². The van der Waals surface area contributed by atoms with Crippen molar-refractivity contribution in [1.82, 2.24) is 0 Å². The van der Waals surface area contributed by atoms with Crippen LogP contribution in [0.3, 0.4) is 0 Å². The molecule has 1 aromatic carbocycles. The van der Waals surface area contributed by atoms with Crippen molar-refractivity contribution in [2.24, 2.45) is 0 Å². The highest BCUT2D eigenvalue weighted by Crippen LogP contribution is 2.50. The summed E-state index contributed by atoms with van der Waals surface area (Å²) >= 11 is 3.51. The Morgan fingerprint density at radius 1 is 1.15 bits per heavy atom. The van der Waals surface area contributed by atoms with Crippen molar-refractivity contribution in [2.75, 3.05) is 4.90 Å². The molecule has 0 N–H and O–H groups in total. The topological polar surface area (TPSA) is 63.7 Å². The standard InChI is InChI=1S/C21H26BrNO4/c1-19(2,3)27-18(26)23-16-11-8-9-14(24)15(11)13(22)10-12(16)20(4,5)17(25)21(23,6)7/h10H,8-9H2,1-7H3. The van der Waals surface area contributed by atoms with E-state index < -0.39 is 22.6 Å². The normalized spacial score (nSPS) is 20.4. The molecule has 3 rings (SSSR count). The molecule has 0 spiro atoms. The number of amides is 1. The lowest BCUT2D eigenvalue weighted by Crippen LogP contribution is -2.63. The molecule has 1 aliphatic heterocycles. The predicted octanol–water partition coefficient (Wildman–Crippen LogP) is 4.96. The van der Waals surface area contributed by atoms with Crippen LogP contribution < -0.4 is 4.90 Å². The SMILES string of the molecule is CC(C)(C)OC(=O)N1c2c(cc(Br)c3c2CCC3=O)C(C)(C)C(=O)C1(C)C. The molecule has 0 aromatic heterocycles. The van der Waals surface area contributed by atoms with Gasteiger partial charge in [-0.2, -0.15) is 0 Å². The van der Waals surface area contributed by atoms with Crippen molar-refractivity contribution in [3.8, 4) is 0 Å². The van der Waals surface area contributed by atoms with Gasteiger partial charge in [-0.3, -0.25) is 14.5 Å². The number of halogens is 1. The van der Waals surface area contributed by atoms with E-state index in [1.165, 1.54) is 4.90 Å². The molecule has 27 heavy (non-hydrogen) atoms. The molecule has 0 radical (unpaired) electrons. The van der Waals surface area contributed by atoms with Gasteiger partial charge in [0.25, 0.3) is 0 Å². The van der Waals surface area contributed by atoms with Gasteiger partial charge in [0.1, 0.15) is 11.1 Å². The third kappa shape index (κ3) is 2.93. The van der Waals surface area contributed by atoms with Crippen molar-refractivity contribution in [2.45, 2.75) is 77.9 Å². The summed E-state index contributed by atoms with van der Waals surface area (Å²) in [6.07, 6.45) is 0.387. The Kier molecular flexibility index (Phi) is 4.38. The number of carbonyl (C=O) groups excluding carboxylic acids is 3. The first-order chi connectivity index (χ1) is 12.2. The monoisotopic (exact) mass is 435 g/mol. The predicted molar refractivity (Wildman–Crippen MR) is 108 cm³/mol. The summed E-state index contributed by atoms with van der Waals surface area (Å²) in [6, 6.07) is 1.82. The molecule has 0 saturated heterocycles. The highest BCUT2D eigenvalue weighted by Gasteiger charge is 2.54. The number of hydrogen-bond donors (Lipinski definition) is 0. The fourth-order valence-electron chi connectivity index (χ4n) is 4.23. The van der Waals surface area contributed by atoms with E-state index in [0.29, 0.717) is 28.6 Å². The van der Waals surface area contributed by atoms with Crippen LogP contribution in [0.5, 0.6) is 0 Å². The number of ether oxygens (including phenoxy) is 1. The highest BCUT2D eigenvalue weighted by molar-refractivity contribution is 9.10. The van der Waals surface area contributed by atoms with Gasteiger partial charge in [0.15, 0.2) is 11.6 Å². The van der Waals surface area contributed by atoms with Crippen LogP contribution in [-0.4, -0.2) is 28.8 Å². The molecule has 0 atom stereocenters. The zero-order valence-corrected chi connectivity index (χ0v) is 18.5. The van der Waals surface area contributed by atoms with Gasteiger partial charge in [-0.15, -0.1) is 0 Å². The number of ketones is 2. The molecule has 6 heteroatoms. The zero-order chi connectivity index (χ0) is 20.5. The Hall–Kier alpha value is -1.69. The maximum atomic E-state index is 13.4. The van der Waals surface area contributed by atoms with Crippen LogP contribution in [0.4, 0.5) is 10.5 Å². The molecule has 0 unspecified atom stereocenters. The average molecular weight is 436 g/mol. The van der Waals surface area contributed by atoms with Crippen LogP contribution in [0.15, 0.2) is 10.5 Å². The molecular formula is C21H26BrNO4. The Balaban J connectivity index is 2.35. The molecule has 1 aliphatic carbocycles. The van der Waals surface area contributed by atoms with E-state index in [0.717, 1.165) is 11.1 Å². The third-order valence-corrected chi connectivity index (χ3v) is 6.01. The van der Waals surface area contributed by atoms with Gasteiger partial charge in [-0.05, 0) is 72.1 Å². The first-order valence-electron chi connectivity index (χ1n) is 9.16. The molecule has 1 aromatic rings. The lowest BCUT2D eigenvalue weighted by Gasteiger charge is -2.49. The number of benzene rings is 1. The summed E-state index contributed by atoms with van der Waals surface area (Å²) in [5.74, 6) is -0.0131. The van der Waals surface area contributed by atoms with Crippen LogP contribution in [0.1, 0.15) is 76.4 Å². The van der Waals surface area contributed by atoms with Crippen LogP contribution in [0, 0.1) is 0 Å². The fourth-order valence-corrected chi connectivity index (χ4v) is 4.92. The third-order valence-electron chi connectivity index (χ3n) is 5.39. The summed E-state index contributed by atoms with van der Waals surface area (Å²) in [6.45, 7) is 12.6. The molecular weight excluding hydrogens is 410 g/mol. The average Bonchev–Trinajstić information content (AvgIpc) is 2.88. The fraction of sp³-hybridized carbons (Fsp3) is 0.571. The van der Waals surface area contributed by atoms with Gasteiger partial charge >= 0.3 is 6.09 Å². The smallest absolute Gasteiger partial charge is 0.415 e. The van der Waals surface area contributed by atoms with Crippen LogP contribution in [-0.2, 0) is 21.4 Å². The first-order valence-corrected chi connectivity index (χ1v) is 9.96. The quantitative estimate of drug-likeness (QED) is 0.577. The largest absolute Gasteiger partial charge is 0.443 e. The van der Waals surface area contributed by atoms with Gasteiger partial charge in [0, 0.05) is 16.5 Å². The number of rotatable bonds is 0. The van der Waals surface area contributed by atoms with Gasteiger partial charge in [0.2, 0.25) is 0 Å². The maximum absolute atomic E-state index is 13.4. The minimum absolute atomic E-state index is 0.0522. The van der Waals surface area contributed by atoms with E-state index in [9.17, 15) is 14.4 Å². The van der Waals surface area contributed by atoms with Gasteiger partial charge in [-0.25, -0.2) is 4.79 Å². The number of fused-ring (bicyclic) bond motifs is 3. The highest BCUT2D eigenvalue weighted by atomic mass is 79.9. The van der Waals surface area contributed by atoms with E-state index >= 15 is 0 Å². The summed E-state index contributed by atoms with van der Waals surface area (Å²) < 4.78 is 6.32. The second-order valence-electron chi connectivity index (χ2n) is 9.36. The van der Waals surface area contributed by atoms with Gasteiger partial charge < -0.3 is 4.74 Å². The maximum Gasteiger partial charge on any atom is 0.415 e. The number of anilines is 1. The number of nitrogens with zero attached hydrogens (tertiary/aromatic N) is 1. The van der Waals surface area contributed by atoms with Crippen molar-refractivity contribution in [1.29, 1.82) is 0 Å². The minimum Gasteiger partial charge on any atom is -0.443 e. The molecule has 0 fully saturated rings. The second kappa shape index (κ2) is 5.90. The van der Waals surface area contributed by atoms with Gasteiger partial charge in [-0.1, -0.05) is 15.9 Å². The molecule has 1 amide bonds. The van der Waals surface area contributed by atoms with E-state index in [1.54, 1.807) is 34.6 Å². The van der Waals surface area contributed by atoms with E-state index in [2.05, 4.69) is 15.9 Å². The number of carbonyl (C=O) groups is 3. The van der Waals surface area contributed by atoms with Crippen molar-refractivity contribution in [3.63, 3.8) is 0 Å². The lowest BCUT2D eigenvalue weighted by molar-refractivity contribution is -0.128. The molecule has 1 heterocycles. The summed E-state index contributed by atoms with van der Waals surface area (Å²) in [5, 5.41) is 0. The van der Waals surface area contributed by atoms with Crippen LogP contribution >= 0.6 is 15.9 Å². The Morgan fingerprint density at radius 3 is 2.30 bits per heavy atom. The Bertz CT molecular complexity index is 877. The number of hydrogen-bond acceptors (Lipinski definition) is 4. The molecule has 2 aliphatic rings. The minimum atomic E-state index is -1.09. The second-order valence-corrected chi connectivity index (χ2v) is 10.2. The van der Waals surface area contributed by atoms with E-state index in [1.807, 2.05) is 19.9 Å². The zero-order valence-electron chi connectivity index (χ0n) is 16.9. The van der Waals surface area contributed by atoms with Crippen molar-refractivity contribution >= 4 is 39.3 Å². The number of Topliss-reactive ketones (excluding diaryl/α,β-unsaturated/α-hetero) is 2. The molecule has 0 saturated carbocycles. The Morgan fingerprint density at radius 2 is 1.74 bits per heavy atom. The lowest BCUT2D eigenvalue weighted by atomic mass is 9.68. The van der Waals surface area contributed by atoms with Crippen LogP contribution in [0.2, 0.25) is 0 Å². The van der Waals surface area contributed by atoms with Crippen molar-refractivity contribution in [3.05, 3.63) is 27.2 Å².